The molecule has 1 heteroatoms. The summed E-state index contributed by atoms with van der Waals surface area (Å²) in [6.45, 7) is 12.9. The molecule has 0 spiro atoms. The molecule has 0 aromatic carbocycles. The van der Waals surface area contributed by atoms with Crippen LogP contribution in [0.1, 0.15) is 6.92 Å². The van der Waals surface area contributed by atoms with E-state index in [1.54, 1.807) is 18.2 Å². The molecule has 0 unspecified atom stereocenters. The molecule has 0 aromatic heterocycles. The number of nitrogens with two attached hydrogens (primary N) is 1. The van der Waals surface area contributed by atoms with Gasteiger partial charge in [-0.15, -0.1) is 0 Å². The maximum atomic E-state index is 5.77. The quantitative estimate of drug-likeness (QED) is 0.657. The molecule has 74 valence electrons. The maximum Gasteiger partial charge on any atom is 0.0387 e. The summed E-state index contributed by atoms with van der Waals surface area (Å²) < 4.78 is 0. The molecular weight excluding hydrogens is 170 g/mol. The van der Waals surface area contributed by atoms with Crippen molar-refractivity contribution in [1.82, 2.24) is 0 Å². The molecule has 0 heterocycles. The average Bonchev–Trinajstić information content (AvgIpc) is 2.23. The van der Waals surface area contributed by atoms with Gasteiger partial charge >= 0.3 is 0 Å². The van der Waals surface area contributed by atoms with Gasteiger partial charge in [-0.1, -0.05) is 50.1 Å². The van der Waals surface area contributed by atoms with Gasteiger partial charge in [0.2, 0.25) is 0 Å². The number of allylic oxidation sites excluding steroid dienone is 8. The zero-order valence-electron chi connectivity index (χ0n) is 8.66. The second kappa shape index (κ2) is 6.72. The average molecular weight is 187 g/mol. The van der Waals surface area contributed by atoms with Gasteiger partial charge in [-0.3, -0.25) is 0 Å². The fourth-order valence-electron chi connectivity index (χ4n) is 1.03. The minimum Gasteiger partial charge on any atom is -0.398 e. The number of hydrogen-bond donors (Lipinski definition) is 1. The summed E-state index contributed by atoms with van der Waals surface area (Å²) >= 11 is 0. The van der Waals surface area contributed by atoms with Gasteiger partial charge in [-0.2, -0.15) is 0 Å². The van der Waals surface area contributed by atoms with E-state index >= 15 is 0 Å². The number of hydrogen-bond acceptors (Lipinski definition) is 1. The van der Waals surface area contributed by atoms with Crippen LogP contribution in [-0.4, -0.2) is 0 Å². The first kappa shape index (κ1) is 12.2. The van der Waals surface area contributed by atoms with Crippen LogP contribution in [-0.2, 0) is 0 Å². The highest BCUT2D eigenvalue weighted by Gasteiger charge is 1.99. The lowest BCUT2D eigenvalue weighted by molar-refractivity contribution is 1.34. The summed E-state index contributed by atoms with van der Waals surface area (Å²) in [6.07, 6.45) is 10.8. The molecule has 0 bridgehead atoms. The zero-order valence-corrected chi connectivity index (χ0v) is 8.66. The topological polar surface area (TPSA) is 26.0 Å². The molecule has 0 rings (SSSR count). The molecule has 0 aliphatic rings. The van der Waals surface area contributed by atoms with E-state index < -0.39 is 0 Å². The van der Waals surface area contributed by atoms with Crippen molar-refractivity contribution in [3.63, 3.8) is 0 Å². The van der Waals surface area contributed by atoms with E-state index in [0.29, 0.717) is 5.70 Å². The van der Waals surface area contributed by atoms with Gasteiger partial charge in [0.25, 0.3) is 0 Å². The lowest BCUT2D eigenvalue weighted by Gasteiger charge is -2.05. The predicted octanol–water partition coefficient (Wildman–Crippen LogP) is 3.26. The van der Waals surface area contributed by atoms with Crippen molar-refractivity contribution in [3.8, 4) is 0 Å². The van der Waals surface area contributed by atoms with Crippen LogP contribution < -0.4 is 5.73 Å². The van der Waals surface area contributed by atoms with Gasteiger partial charge in [-0.25, -0.2) is 0 Å². The van der Waals surface area contributed by atoms with Gasteiger partial charge in [0.1, 0.15) is 0 Å². The minimum atomic E-state index is 0.627. The second-order valence-corrected chi connectivity index (χ2v) is 2.62. The Hall–Kier alpha value is -1.76. The van der Waals surface area contributed by atoms with Crippen molar-refractivity contribution in [2.45, 2.75) is 6.92 Å². The van der Waals surface area contributed by atoms with E-state index in [1.165, 1.54) is 0 Å². The Balaban J connectivity index is 5.20. The van der Waals surface area contributed by atoms with Gasteiger partial charge in [-0.05, 0) is 18.6 Å². The highest BCUT2D eigenvalue weighted by atomic mass is 14.6. The summed E-state index contributed by atoms with van der Waals surface area (Å²) in [5.41, 5.74) is 8.29. The lowest BCUT2D eigenvalue weighted by Crippen LogP contribution is -1.99. The van der Waals surface area contributed by atoms with E-state index in [9.17, 15) is 0 Å². The van der Waals surface area contributed by atoms with E-state index in [1.807, 2.05) is 25.2 Å². The Bertz CT molecular complexity index is 314. The summed E-state index contributed by atoms with van der Waals surface area (Å²) in [6, 6.07) is 0. The fraction of sp³-hybridized carbons (Fsp3) is 0.0769. The van der Waals surface area contributed by atoms with Crippen molar-refractivity contribution in [2.24, 2.45) is 5.73 Å². The van der Waals surface area contributed by atoms with Crippen molar-refractivity contribution < 1.29 is 0 Å². The van der Waals surface area contributed by atoms with Gasteiger partial charge in [0.05, 0.1) is 0 Å². The Morgan fingerprint density at radius 3 is 2.14 bits per heavy atom. The molecule has 0 radical (unpaired) electrons. The monoisotopic (exact) mass is 187 g/mol. The molecular formula is C13H17N. The van der Waals surface area contributed by atoms with Crippen LogP contribution in [0.15, 0.2) is 73.0 Å². The van der Waals surface area contributed by atoms with Crippen LogP contribution in [0.5, 0.6) is 0 Å². The van der Waals surface area contributed by atoms with Crippen LogP contribution in [0, 0.1) is 0 Å². The molecule has 2 N–H and O–H groups in total. The fourth-order valence-corrected chi connectivity index (χ4v) is 1.03. The predicted molar refractivity (Wildman–Crippen MR) is 64.7 cm³/mol. The Morgan fingerprint density at radius 2 is 1.79 bits per heavy atom. The Labute approximate surface area is 86.3 Å². The lowest BCUT2D eigenvalue weighted by atomic mass is 10.0. The Morgan fingerprint density at radius 1 is 1.14 bits per heavy atom. The van der Waals surface area contributed by atoms with E-state index in [-0.39, 0.29) is 0 Å². The Kier molecular flexibility index (Phi) is 5.88. The highest BCUT2D eigenvalue weighted by molar-refractivity contribution is 5.50. The summed E-state index contributed by atoms with van der Waals surface area (Å²) in [4.78, 5) is 0. The smallest absolute Gasteiger partial charge is 0.0387 e. The molecule has 0 aromatic rings. The largest absolute Gasteiger partial charge is 0.398 e. The molecule has 0 atom stereocenters. The first-order chi connectivity index (χ1) is 6.71. The third-order valence-electron chi connectivity index (χ3n) is 1.77. The normalized spacial score (nSPS) is 13.6. The third kappa shape index (κ3) is 3.31. The highest BCUT2D eigenvalue weighted by Crippen LogP contribution is 2.15. The van der Waals surface area contributed by atoms with Crippen LogP contribution >= 0.6 is 0 Å². The van der Waals surface area contributed by atoms with Crippen LogP contribution in [0.25, 0.3) is 0 Å². The van der Waals surface area contributed by atoms with E-state index in [4.69, 9.17) is 5.73 Å². The summed E-state index contributed by atoms with van der Waals surface area (Å²) in [5.74, 6) is 0. The first-order valence-corrected chi connectivity index (χ1v) is 4.41. The van der Waals surface area contributed by atoms with Crippen LogP contribution in [0.4, 0.5) is 0 Å². The molecule has 14 heavy (non-hydrogen) atoms. The molecule has 1 nitrogen and oxygen atoms in total. The summed E-state index contributed by atoms with van der Waals surface area (Å²) in [7, 11) is 0. The maximum absolute atomic E-state index is 5.77. The van der Waals surface area contributed by atoms with Crippen molar-refractivity contribution in [2.75, 3.05) is 0 Å². The van der Waals surface area contributed by atoms with E-state index in [2.05, 4.69) is 19.7 Å². The van der Waals surface area contributed by atoms with E-state index in [0.717, 1.165) is 11.1 Å². The van der Waals surface area contributed by atoms with Gasteiger partial charge in [0, 0.05) is 11.3 Å². The standard InChI is InChI=1S/C13H17N/c1-5-9-10-11(6-2)12(7-3)13(14)8-4/h5-10H,1,3-4,14H2,2H3/b10-9-,11-6+,13-12-. The van der Waals surface area contributed by atoms with Gasteiger partial charge in [0.15, 0.2) is 0 Å². The van der Waals surface area contributed by atoms with Gasteiger partial charge < -0.3 is 5.73 Å². The zero-order chi connectivity index (χ0) is 11.0. The second-order valence-electron chi connectivity index (χ2n) is 2.62. The molecule has 0 fully saturated rings. The summed E-state index contributed by atoms with van der Waals surface area (Å²) in [5, 5.41) is 0. The van der Waals surface area contributed by atoms with Crippen molar-refractivity contribution in [3.05, 3.63) is 73.0 Å². The van der Waals surface area contributed by atoms with Crippen molar-refractivity contribution >= 4 is 0 Å². The minimum absolute atomic E-state index is 0.627. The third-order valence-corrected chi connectivity index (χ3v) is 1.77. The number of rotatable bonds is 5. The van der Waals surface area contributed by atoms with Crippen molar-refractivity contribution in [1.29, 1.82) is 0 Å². The van der Waals surface area contributed by atoms with Crippen LogP contribution in [0.3, 0.4) is 0 Å². The first-order valence-electron chi connectivity index (χ1n) is 4.41. The molecule has 0 saturated heterocycles. The van der Waals surface area contributed by atoms with Crippen LogP contribution in [0.2, 0.25) is 0 Å². The molecule has 0 aliphatic heterocycles. The molecule has 0 aliphatic carbocycles. The molecule has 0 saturated carbocycles. The molecule has 0 amide bonds. The SMILES string of the molecule is C=C\C=C/C(=C\C)C(/C=C)=C(\N)C=C.